The predicted octanol–water partition coefficient (Wildman–Crippen LogP) is 0.155. The maximum atomic E-state index is 12.1. The molecule has 1 aliphatic heterocycles. The summed E-state index contributed by atoms with van der Waals surface area (Å²) >= 11 is 0. The second-order valence-corrected chi connectivity index (χ2v) is 7.62. The van der Waals surface area contributed by atoms with Crippen LogP contribution in [0.15, 0.2) is 12.7 Å². The monoisotopic (exact) mass is 316 g/mol. The molecule has 0 amide bonds. The van der Waals surface area contributed by atoms with E-state index in [1.54, 1.807) is 6.92 Å². The van der Waals surface area contributed by atoms with E-state index in [0.29, 0.717) is 12.8 Å². The Balaban J connectivity index is 1.69. The van der Waals surface area contributed by atoms with Gasteiger partial charge in [-0.1, -0.05) is 6.58 Å². The first kappa shape index (κ1) is 14.5. The molecule has 3 rings (SSSR count). The Morgan fingerprint density at radius 3 is 2.86 bits per heavy atom. The van der Waals surface area contributed by atoms with Crippen LogP contribution in [0.5, 0.6) is 0 Å². The molecule has 0 radical (unpaired) electrons. The number of ether oxygens (including phenoxy) is 2. The minimum atomic E-state index is -3.72. The number of fused-ring (bicyclic) bond motifs is 1. The Morgan fingerprint density at radius 2 is 2.19 bits per heavy atom. The largest absolute Gasteiger partial charge is 0.458 e. The molecule has 1 saturated heterocycles. The van der Waals surface area contributed by atoms with Crippen molar-refractivity contribution in [2.24, 2.45) is 11.8 Å². The summed E-state index contributed by atoms with van der Waals surface area (Å²) in [5.41, 5.74) is -0.660. The molecule has 2 saturated carbocycles. The zero-order valence-electron chi connectivity index (χ0n) is 11.5. The van der Waals surface area contributed by atoms with Crippen molar-refractivity contribution in [1.29, 1.82) is 0 Å². The first-order valence-corrected chi connectivity index (χ1v) is 8.17. The zero-order chi connectivity index (χ0) is 15.4. The fourth-order valence-electron chi connectivity index (χ4n) is 3.88. The van der Waals surface area contributed by atoms with Crippen molar-refractivity contribution < 1.29 is 31.7 Å². The molecule has 1 heterocycles. The van der Waals surface area contributed by atoms with Crippen LogP contribution >= 0.6 is 0 Å². The van der Waals surface area contributed by atoms with E-state index in [0.717, 1.165) is 6.08 Å². The van der Waals surface area contributed by atoms with Gasteiger partial charge in [-0.2, -0.15) is 8.42 Å². The smallest absolute Gasteiger partial charge is 0.344 e. The van der Waals surface area contributed by atoms with Crippen LogP contribution in [0.25, 0.3) is 0 Å². The molecule has 0 aromatic carbocycles. The lowest BCUT2D eigenvalue weighted by molar-refractivity contribution is -0.162. The van der Waals surface area contributed by atoms with Gasteiger partial charge >= 0.3 is 11.9 Å². The van der Waals surface area contributed by atoms with E-state index in [-0.39, 0.29) is 11.8 Å². The quantitative estimate of drug-likeness (QED) is 0.414. The van der Waals surface area contributed by atoms with Gasteiger partial charge in [0.15, 0.2) is 6.61 Å². The highest BCUT2D eigenvalue weighted by Gasteiger charge is 2.71. The average Bonchev–Trinajstić information content (AvgIpc) is 2.93. The normalized spacial score (nSPS) is 41.8. The lowest BCUT2D eigenvalue weighted by Crippen LogP contribution is -2.43. The number of hydrogen-bond acceptors (Lipinski definition) is 7. The Morgan fingerprint density at radius 1 is 1.48 bits per heavy atom. The van der Waals surface area contributed by atoms with Crippen molar-refractivity contribution in [3.63, 3.8) is 0 Å². The highest BCUT2D eigenvalue weighted by Crippen LogP contribution is 2.61. The summed E-state index contributed by atoms with van der Waals surface area (Å²) in [4.78, 5) is 22.6. The molecule has 2 aliphatic carbocycles. The van der Waals surface area contributed by atoms with Gasteiger partial charge in [0.25, 0.3) is 10.1 Å². The van der Waals surface area contributed by atoms with Crippen LogP contribution in [0.2, 0.25) is 0 Å². The van der Waals surface area contributed by atoms with Crippen molar-refractivity contribution in [2.75, 3.05) is 6.61 Å². The van der Waals surface area contributed by atoms with Crippen molar-refractivity contribution >= 4 is 22.1 Å². The molecule has 0 spiro atoms. The molecule has 3 aliphatic rings. The van der Waals surface area contributed by atoms with Gasteiger partial charge in [0.1, 0.15) is 11.4 Å². The molecule has 0 aromatic rings. The summed E-state index contributed by atoms with van der Waals surface area (Å²) < 4.78 is 39.2. The molecule has 21 heavy (non-hydrogen) atoms. The highest BCUT2D eigenvalue weighted by molar-refractivity contribution is 7.87. The van der Waals surface area contributed by atoms with Gasteiger partial charge in [-0.3, -0.25) is 4.18 Å². The van der Waals surface area contributed by atoms with E-state index in [1.807, 2.05) is 0 Å². The number of hydrogen-bond donors (Lipinski definition) is 0. The van der Waals surface area contributed by atoms with Gasteiger partial charge in [-0.05, 0) is 19.8 Å². The van der Waals surface area contributed by atoms with Crippen LogP contribution < -0.4 is 0 Å². The predicted molar refractivity (Wildman–Crippen MR) is 69.4 cm³/mol. The topological polar surface area (TPSA) is 96.0 Å². The lowest BCUT2D eigenvalue weighted by atomic mass is 9.84. The molecular weight excluding hydrogens is 300 g/mol. The second-order valence-electron chi connectivity index (χ2n) is 5.93. The summed E-state index contributed by atoms with van der Waals surface area (Å²) in [6.07, 6.45) is 1.44. The van der Waals surface area contributed by atoms with Gasteiger partial charge in [-0.25, -0.2) is 9.59 Å². The van der Waals surface area contributed by atoms with Gasteiger partial charge < -0.3 is 9.47 Å². The van der Waals surface area contributed by atoms with E-state index >= 15 is 0 Å². The third-order valence-corrected chi connectivity index (χ3v) is 6.48. The molecule has 8 heteroatoms. The number of rotatable bonds is 4. The van der Waals surface area contributed by atoms with E-state index in [2.05, 4.69) is 11.3 Å². The second kappa shape index (κ2) is 4.54. The maximum absolute atomic E-state index is 12.1. The summed E-state index contributed by atoms with van der Waals surface area (Å²) in [7, 11) is -3.72. The van der Waals surface area contributed by atoms with Crippen molar-refractivity contribution in [3.8, 4) is 0 Å². The Labute approximate surface area is 122 Å². The molecule has 0 aromatic heterocycles. The van der Waals surface area contributed by atoms with Gasteiger partial charge in [0.05, 0.1) is 5.60 Å². The van der Waals surface area contributed by atoms with Crippen LogP contribution in [-0.2, 0) is 33.4 Å². The molecule has 116 valence electrons. The molecule has 3 fully saturated rings. The van der Waals surface area contributed by atoms with Crippen LogP contribution in [0, 0.1) is 11.8 Å². The molecule has 5 unspecified atom stereocenters. The SMILES string of the molecule is C=CC(=O)OCC(=O)OC1C2CC3C1S(=O)(=O)OC3(C)C2. The van der Waals surface area contributed by atoms with Crippen molar-refractivity contribution in [2.45, 2.75) is 36.7 Å². The van der Waals surface area contributed by atoms with E-state index in [9.17, 15) is 18.0 Å². The first-order valence-electron chi connectivity index (χ1n) is 6.70. The van der Waals surface area contributed by atoms with Gasteiger partial charge in [-0.15, -0.1) is 0 Å². The fourth-order valence-corrected chi connectivity index (χ4v) is 6.12. The number of carbonyl (C=O) groups excluding carboxylic acids is 2. The minimum absolute atomic E-state index is 0.0265. The maximum Gasteiger partial charge on any atom is 0.344 e. The standard InChI is InChI=1S/C13H16O7S/c1-3-9(14)18-6-10(15)19-11-7-4-8-12(11)21(16,17)20-13(8,2)5-7/h3,7-8,11-12H,1,4-6H2,2H3. The van der Waals surface area contributed by atoms with Crippen molar-refractivity contribution in [1.82, 2.24) is 0 Å². The summed E-state index contributed by atoms with van der Waals surface area (Å²) in [5, 5.41) is -0.805. The fraction of sp³-hybridized carbons (Fsp3) is 0.692. The average molecular weight is 316 g/mol. The molecule has 0 N–H and O–H groups in total. The van der Waals surface area contributed by atoms with Crippen LogP contribution in [0.1, 0.15) is 19.8 Å². The molecule has 5 atom stereocenters. The van der Waals surface area contributed by atoms with E-state index in [1.165, 1.54) is 0 Å². The van der Waals surface area contributed by atoms with Crippen LogP contribution in [0.3, 0.4) is 0 Å². The molecule has 2 bridgehead atoms. The number of carbonyl (C=O) groups is 2. The summed E-state index contributed by atoms with van der Waals surface area (Å²) in [6.45, 7) is 4.45. The highest BCUT2D eigenvalue weighted by atomic mass is 32.2. The Kier molecular flexibility index (Phi) is 3.14. The van der Waals surface area contributed by atoms with Crippen LogP contribution in [-0.4, -0.2) is 43.9 Å². The van der Waals surface area contributed by atoms with Gasteiger partial charge in [0, 0.05) is 17.9 Å². The van der Waals surface area contributed by atoms with Crippen molar-refractivity contribution in [3.05, 3.63) is 12.7 Å². The third-order valence-electron chi connectivity index (χ3n) is 4.60. The summed E-state index contributed by atoms with van der Waals surface area (Å²) in [6, 6.07) is 0. The Hall–Kier alpha value is -1.41. The molecular formula is C13H16O7S. The first-order chi connectivity index (χ1) is 9.77. The number of esters is 2. The zero-order valence-corrected chi connectivity index (χ0v) is 12.3. The molecule has 7 nitrogen and oxygen atoms in total. The van der Waals surface area contributed by atoms with E-state index in [4.69, 9.17) is 8.92 Å². The summed E-state index contributed by atoms with van der Waals surface area (Å²) in [5.74, 6) is -1.65. The third kappa shape index (κ3) is 2.17. The van der Waals surface area contributed by atoms with E-state index < -0.39 is 45.6 Å². The van der Waals surface area contributed by atoms with Gasteiger partial charge in [0.2, 0.25) is 0 Å². The Bertz CT molecular complexity index is 610. The lowest BCUT2D eigenvalue weighted by Gasteiger charge is -2.29. The minimum Gasteiger partial charge on any atom is -0.458 e. The van der Waals surface area contributed by atoms with Crippen LogP contribution in [0.4, 0.5) is 0 Å².